The second-order valence-electron chi connectivity index (χ2n) is 6.84. The molecule has 1 N–H and O–H groups in total. The third-order valence-electron chi connectivity index (χ3n) is 3.51. The average Bonchev–Trinajstić information content (AvgIpc) is 3.07. The van der Waals surface area contributed by atoms with Crippen LogP contribution in [0.2, 0.25) is 0 Å². The van der Waals surface area contributed by atoms with Crippen LogP contribution in [-0.2, 0) is 0 Å². The number of carbonyl (C=O) groups is 2. The topological polar surface area (TPSA) is 89.8 Å². The lowest BCUT2D eigenvalue weighted by Crippen LogP contribution is -2.40. The van der Waals surface area contributed by atoms with E-state index in [1.807, 2.05) is 26.8 Å². The molecule has 3 heterocycles. The summed E-state index contributed by atoms with van der Waals surface area (Å²) in [4.78, 5) is 31.8. The predicted octanol–water partition coefficient (Wildman–Crippen LogP) is 2.67. The van der Waals surface area contributed by atoms with Crippen LogP contribution in [0.5, 0.6) is 0 Å². The average molecular weight is 349 g/mol. The van der Waals surface area contributed by atoms with E-state index in [4.69, 9.17) is 0 Å². The van der Waals surface area contributed by atoms with Gasteiger partial charge in [0.25, 0.3) is 5.91 Å². The molecule has 0 saturated carbocycles. The van der Waals surface area contributed by atoms with Crippen LogP contribution < -0.4 is 5.32 Å². The van der Waals surface area contributed by atoms with Crippen molar-refractivity contribution in [2.24, 2.45) is 0 Å². The van der Waals surface area contributed by atoms with Crippen LogP contribution in [0.4, 0.5) is 0 Å². The van der Waals surface area contributed by atoms with Crippen molar-refractivity contribution in [1.82, 2.24) is 25.1 Å². The van der Waals surface area contributed by atoms with Gasteiger partial charge in [-0.2, -0.15) is 5.10 Å². The van der Waals surface area contributed by atoms with Crippen molar-refractivity contribution in [3.63, 3.8) is 0 Å². The maximum atomic E-state index is 12.5. The summed E-state index contributed by atoms with van der Waals surface area (Å²) in [7, 11) is 0. The molecule has 0 spiro atoms. The Kier molecular flexibility index (Phi) is 4.62. The lowest BCUT2D eigenvalue weighted by atomic mass is 10.1. The normalized spacial score (nSPS) is 11.2. The summed E-state index contributed by atoms with van der Waals surface area (Å²) in [5.74, 6) is -0.272. The molecule has 132 valence electrons. The zero-order valence-corrected chi connectivity index (χ0v) is 14.8. The standard InChI is InChI=1S/C19H19N5O2/c1-19(2,3)22-18(26)16-9-17(15-7-6-13(12-25)10-21-15)24(23-16)14-5-4-8-20-11-14/h4-12H,1-3H3,(H,22,26). The fourth-order valence-electron chi connectivity index (χ4n) is 2.38. The van der Waals surface area contributed by atoms with Gasteiger partial charge in [-0.25, -0.2) is 4.68 Å². The van der Waals surface area contributed by atoms with Crippen LogP contribution >= 0.6 is 0 Å². The summed E-state index contributed by atoms with van der Waals surface area (Å²) in [5, 5.41) is 7.34. The van der Waals surface area contributed by atoms with Crippen LogP contribution in [0.1, 0.15) is 41.6 Å². The van der Waals surface area contributed by atoms with Gasteiger partial charge in [0, 0.05) is 23.5 Å². The summed E-state index contributed by atoms with van der Waals surface area (Å²) in [5.41, 5.74) is 2.32. The minimum Gasteiger partial charge on any atom is -0.346 e. The number of nitrogens with zero attached hydrogens (tertiary/aromatic N) is 4. The number of rotatable bonds is 4. The highest BCUT2D eigenvalue weighted by Gasteiger charge is 2.21. The van der Waals surface area contributed by atoms with Crippen molar-refractivity contribution < 1.29 is 9.59 Å². The minimum absolute atomic E-state index is 0.272. The zero-order valence-electron chi connectivity index (χ0n) is 14.8. The molecule has 0 atom stereocenters. The fourth-order valence-corrected chi connectivity index (χ4v) is 2.38. The van der Waals surface area contributed by atoms with Gasteiger partial charge in [0.1, 0.15) is 0 Å². The highest BCUT2D eigenvalue weighted by atomic mass is 16.2. The molecule has 0 fully saturated rings. The number of aromatic nitrogens is 4. The smallest absolute Gasteiger partial charge is 0.272 e. The first-order chi connectivity index (χ1) is 12.4. The molecule has 0 aliphatic carbocycles. The van der Waals surface area contributed by atoms with Crippen LogP contribution in [0, 0.1) is 0 Å². The highest BCUT2D eigenvalue weighted by Crippen LogP contribution is 2.22. The first-order valence-electron chi connectivity index (χ1n) is 8.12. The molecule has 0 saturated heterocycles. The van der Waals surface area contributed by atoms with E-state index in [1.165, 1.54) is 6.20 Å². The van der Waals surface area contributed by atoms with Crippen LogP contribution in [0.3, 0.4) is 0 Å². The molecule has 0 unspecified atom stereocenters. The molecular weight excluding hydrogens is 330 g/mol. The predicted molar refractivity (Wildman–Crippen MR) is 97.2 cm³/mol. The summed E-state index contributed by atoms with van der Waals surface area (Å²) < 4.78 is 1.62. The van der Waals surface area contributed by atoms with E-state index in [1.54, 1.807) is 41.3 Å². The molecule has 3 rings (SSSR count). The van der Waals surface area contributed by atoms with E-state index in [9.17, 15) is 9.59 Å². The Bertz CT molecular complexity index is 925. The Labute approximate surface area is 151 Å². The van der Waals surface area contributed by atoms with Crippen molar-refractivity contribution in [2.45, 2.75) is 26.3 Å². The van der Waals surface area contributed by atoms with E-state index < -0.39 is 0 Å². The third-order valence-corrected chi connectivity index (χ3v) is 3.51. The van der Waals surface area contributed by atoms with Crippen molar-refractivity contribution in [3.05, 3.63) is 60.2 Å². The molecule has 0 bridgehead atoms. The molecule has 0 radical (unpaired) electrons. The SMILES string of the molecule is CC(C)(C)NC(=O)c1cc(-c2ccc(C=O)cn2)n(-c2cccnc2)n1. The quantitative estimate of drug-likeness (QED) is 0.732. The number of nitrogens with one attached hydrogen (secondary N) is 1. The van der Waals surface area contributed by atoms with E-state index in [0.29, 0.717) is 22.6 Å². The zero-order chi connectivity index (χ0) is 18.7. The van der Waals surface area contributed by atoms with E-state index >= 15 is 0 Å². The van der Waals surface area contributed by atoms with E-state index in [-0.39, 0.29) is 17.1 Å². The van der Waals surface area contributed by atoms with Gasteiger partial charge in [-0.15, -0.1) is 0 Å². The molecule has 7 nitrogen and oxygen atoms in total. The van der Waals surface area contributed by atoms with Crippen molar-refractivity contribution >= 4 is 12.2 Å². The second-order valence-corrected chi connectivity index (χ2v) is 6.84. The number of pyridine rings is 2. The van der Waals surface area contributed by atoms with Crippen molar-refractivity contribution in [2.75, 3.05) is 0 Å². The van der Waals surface area contributed by atoms with Crippen molar-refractivity contribution in [1.29, 1.82) is 0 Å². The molecule has 0 aliphatic rings. The molecule has 3 aromatic rings. The van der Waals surface area contributed by atoms with Crippen LogP contribution in [0.25, 0.3) is 17.1 Å². The summed E-state index contributed by atoms with van der Waals surface area (Å²) >= 11 is 0. The molecule has 0 aliphatic heterocycles. The third kappa shape index (κ3) is 3.83. The number of aldehydes is 1. The summed E-state index contributed by atoms with van der Waals surface area (Å²) in [6.07, 6.45) is 5.54. The lowest BCUT2D eigenvalue weighted by Gasteiger charge is -2.19. The van der Waals surface area contributed by atoms with Crippen LogP contribution in [0.15, 0.2) is 48.9 Å². The number of carbonyl (C=O) groups excluding carboxylic acids is 2. The maximum Gasteiger partial charge on any atom is 0.272 e. The van der Waals surface area contributed by atoms with E-state index in [0.717, 1.165) is 6.29 Å². The summed E-state index contributed by atoms with van der Waals surface area (Å²) in [6.45, 7) is 5.72. The maximum absolute atomic E-state index is 12.5. The summed E-state index contributed by atoms with van der Waals surface area (Å²) in [6, 6.07) is 8.70. The Morgan fingerprint density at radius 2 is 2.00 bits per heavy atom. The molecular formula is C19H19N5O2. The first kappa shape index (κ1) is 17.5. The molecule has 3 aromatic heterocycles. The van der Waals surface area contributed by atoms with Gasteiger partial charge in [-0.3, -0.25) is 19.6 Å². The van der Waals surface area contributed by atoms with Gasteiger partial charge in [-0.1, -0.05) is 0 Å². The van der Waals surface area contributed by atoms with Gasteiger partial charge in [0.2, 0.25) is 0 Å². The first-order valence-corrected chi connectivity index (χ1v) is 8.12. The number of hydrogen-bond acceptors (Lipinski definition) is 5. The Morgan fingerprint density at radius 1 is 1.19 bits per heavy atom. The van der Waals surface area contributed by atoms with Gasteiger partial charge in [-0.05, 0) is 51.1 Å². The van der Waals surface area contributed by atoms with Crippen molar-refractivity contribution in [3.8, 4) is 17.1 Å². The van der Waals surface area contributed by atoms with Crippen LogP contribution in [-0.4, -0.2) is 37.5 Å². The van der Waals surface area contributed by atoms with E-state index in [2.05, 4.69) is 20.4 Å². The Morgan fingerprint density at radius 3 is 2.58 bits per heavy atom. The van der Waals surface area contributed by atoms with Gasteiger partial charge in [0.05, 0.1) is 23.3 Å². The number of hydrogen-bond donors (Lipinski definition) is 1. The van der Waals surface area contributed by atoms with Gasteiger partial charge < -0.3 is 5.32 Å². The minimum atomic E-state index is -0.376. The molecule has 1 amide bonds. The Hall–Kier alpha value is -3.35. The fraction of sp³-hybridized carbons (Fsp3) is 0.211. The number of amides is 1. The molecule has 0 aromatic carbocycles. The molecule has 26 heavy (non-hydrogen) atoms. The van der Waals surface area contributed by atoms with Gasteiger partial charge >= 0.3 is 0 Å². The Balaban J connectivity index is 2.08. The molecule has 7 heteroatoms. The largest absolute Gasteiger partial charge is 0.346 e. The monoisotopic (exact) mass is 349 g/mol. The van der Waals surface area contributed by atoms with Gasteiger partial charge in [0.15, 0.2) is 12.0 Å². The lowest BCUT2D eigenvalue weighted by molar-refractivity contribution is 0.0913. The highest BCUT2D eigenvalue weighted by molar-refractivity contribution is 5.94. The second kappa shape index (κ2) is 6.87.